The van der Waals surface area contributed by atoms with Crippen molar-refractivity contribution < 1.29 is 19.1 Å². The maximum absolute atomic E-state index is 13.2. The fourth-order valence-corrected chi connectivity index (χ4v) is 4.23. The van der Waals surface area contributed by atoms with Gasteiger partial charge in [-0.1, -0.05) is 64.1 Å². The molecule has 2 aromatic rings. The molecule has 1 heterocycles. The normalized spacial score (nSPS) is 19.7. The first-order valence-corrected chi connectivity index (χ1v) is 11.8. The van der Waals surface area contributed by atoms with Gasteiger partial charge in [0.15, 0.2) is 0 Å². The highest BCUT2D eigenvalue weighted by Gasteiger charge is 2.49. The topological polar surface area (TPSA) is 87.7 Å². The Kier molecular flexibility index (Phi) is 7.64. The number of carbonyl (C=O) groups excluding carboxylic acids is 3. The molecule has 1 aliphatic rings. The predicted molar refractivity (Wildman–Crippen MR) is 131 cm³/mol. The first-order valence-electron chi connectivity index (χ1n) is 11.8. The van der Waals surface area contributed by atoms with Crippen molar-refractivity contribution in [2.45, 2.75) is 58.5 Å². The summed E-state index contributed by atoms with van der Waals surface area (Å²) in [6.07, 6.45) is 1.06. The first kappa shape index (κ1) is 25.3. The van der Waals surface area contributed by atoms with E-state index >= 15 is 0 Å². The first-order chi connectivity index (χ1) is 16.1. The molecule has 34 heavy (non-hydrogen) atoms. The molecule has 182 valence electrons. The quantitative estimate of drug-likeness (QED) is 0.534. The van der Waals surface area contributed by atoms with Gasteiger partial charge in [-0.25, -0.2) is 4.79 Å². The second kappa shape index (κ2) is 10.3. The lowest BCUT2D eigenvalue weighted by atomic mass is 9.92. The number of ether oxygens (including phenoxy) is 1. The second-order valence-electron chi connectivity index (χ2n) is 9.44. The Morgan fingerprint density at radius 2 is 1.62 bits per heavy atom. The van der Waals surface area contributed by atoms with Crippen LogP contribution < -0.4 is 15.4 Å². The van der Waals surface area contributed by atoms with Crippen LogP contribution in [0, 0.1) is 5.92 Å². The van der Waals surface area contributed by atoms with Crippen molar-refractivity contribution in [1.29, 1.82) is 0 Å². The number of urea groups is 1. The van der Waals surface area contributed by atoms with Crippen molar-refractivity contribution in [3.63, 3.8) is 0 Å². The highest BCUT2D eigenvalue weighted by Crippen LogP contribution is 2.30. The lowest BCUT2D eigenvalue weighted by Crippen LogP contribution is -2.44. The monoisotopic (exact) mass is 465 g/mol. The lowest BCUT2D eigenvalue weighted by Gasteiger charge is -2.25. The number of nitrogens with one attached hydrogen (secondary N) is 2. The standard InChI is InChI=1S/C27H35N3O4/c1-7-18(4)19-8-10-20(11-9-19)24(17(2)3)28-23(31)16-30-25(32)27(5,29-26(30)33)21-12-14-22(34-6)15-13-21/h8-15,17-18,24H,7,16H2,1-6H3,(H,28,31)(H,29,33). The molecule has 0 aliphatic carbocycles. The molecule has 7 nitrogen and oxygen atoms in total. The van der Waals surface area contributed by atoms with Gasteiger partial charge in [0.25, 0.3) is 5.91 Å². The summed E-state index contributed by atoms with van der Waals surface area (Å²) < 4.78 is 5.17. The molecule has 0 bridgehead atoms. The average Bonchev–Trinajstić information content (AvgIpc) is 3.05. The van der Waals surface area contributed by atoms with Crippen LogP contribution >= 0.6 is 0 Å². The van der Waals surface area contributed by atoms with Crippen LogP contribution in [0.25, 0.3) is 0 Å². The zero-order chi connectivity index (χ0) is 25.0. The maximum Gasteiger partial charge on any atom is 0.325 e. The van der Waals surface area contributed by atoms with Gasteiger partial charge >= 0.3 is 6.03 Å². The molecular weight excluding hydrogens is 430 g/mol. The van der Waals surface area contributed by atoms with Crippen molar-refractivity contribution in [3.8, 4) is 5.75 Å². The van der Waals surface area contributed by atoms with Gasteiger partial charge in [-0.2, -0.15) is 0 Å². The Labute approximate surface area is 201 Å². The van der Waals surface area contributed by atoms with Gasteiger partial charge in [-0.3, -0.25) is 14.5 Å². The highest BCUT2D eigenvalue weighted by atomic mass is 16.5. The number of methoxy groups -OCH3 is 1. The van der Waals surface area contributed by atoms with Gasteiger partial charge in [0, 0.05) is 0 Å². The second-order valence-corrected chi connectivity index (χ2v) is 9.44. The largest absolute Gasteiger partial charge is 0.497 e. The number of benzene rings is 2. The summed E-state index contributed by atoms with van der Waals surface area (Å²) >= 11 is 0. The van der Waals surface area contributed by atoms with Crippen LogP contribution in [0.5, 0.6) is 5.75 Å². The number of rotatable bonds is 9. The smallest absolute Gasteiger partial charge is 0.325 e. The van der Waals surface area contributed by atoms with Crippen molar-refractivity contribution in [2.24, 2.45) is 5.92 Å². The molecule has 2 aromatic carbocycles. The van der Waals surface area contributed by atoms with Crippen molar-refractivity contribution >= 4 is 17.8 Å². The lowest BCUT2D eigenvalue weighted by molar-refractivity contribution is -0.135. The zero-order valence-electron chi connectivity index (χ0n) is 20.8. The maximum atomic E-state index is 13.2. The predicted octanol–water partition coefficient (Wildman–Crippen LogP) is 4.49. The Morgan fingerprint density at radius 3 is 2.15 bits per heavy atom. The Morgan fingerprint density at radius 1 is 1.03 bits per heavy atom. The van der Waals surface area contributed by atoms with Gasteiger partial charge in [-0.05, 0) is 54.0 Å². The molecule has 1 fully saturated rings. The molecule has 4 amide bonds. The van der Waals surface area contributed by atoms with Crippen molar-refractivity contribution in [2.75, 3.05) is 13.7 Å². The molecule has 0 saturated carbocycles. The van der Waals surface area contributed by atoms with E-state index in [0.717, 1.165) is 16.9 Å². The van der Waals surface area contributed by atoms with Crippen LogP contribution in [0.3, 0.4) is 0 Å². The molecule has 2 N–H and O–H groups in total. The van der Waals surface area contributed by atoms with E-state index in [0.29, 0.717) is 17.2 Å². The minimum absolute atomic E-state index is 0.131. The summed E-state index contributed by atoms with van der Waals surface area (Å²) in [5.41, 5.74) is 1.64. The van der Waals surface area contributed by atoms with Gasteiger partial charge in [0.1, 0.15) is 17.8 Å². The van der Waals surface area contributed by atoms with E-state index in [-0.39, 0.29) is 24.4 Å². The summed E-state index contributed by atoms with van der Waals surface area (Å²) in [7, 11) is 1.56. The van der Waals surface area contributed by atoms with E-state index in [9.17, 15) is 14.4 Å². The van der Waals surface area contributed by atoms with Crippen LogP contribution in [0.2, 0.25) is 0 Å². The average molecular weight is 466 g/mol. The van der Waals surface area contributed by atoms with E-state index in [1.165, 1.54) is 5.56 Å². The number of carbonyl (C=O) groups is 3. The number of hydrogen-bond acceptors (Lipinski definition) is 4. The molecule has 0 spiro atoms. The number of imide groups is 1. The molecule has 7 heteroatoms. The molecule has 1 saturated heterocycles. The third kappa shape index (κ3) is 5.08. The van der Waals surface area contributed by atoms with Crippen molar-refractivity contribution in [3.05, 3.63) is 65.2 Å². The highest BCUT2D eigenvalue weighted by molar-refractivity contribution is 6.09. The van der Waals surface area contributed by atoms with Crippen LogP contribution in [0.15, 0.2) is 48.5 Å². The third-order valence-electron chi connectivity index (χ3n) is 6.70. The van der Waals surface area contributed by atoms with Gasteiger partial charge < -0.3 is 15.4 Å². The van der Waals surface area contributed by atoms with Crippen LogP contribution in [-0.2, 0) is 15.1 Å². The summed E-state index contributed by atoms with van der Waals surface area (Å²) in [6, 6.07) is 14.4. The van der Waals surface area contributed by atoms with E-state index in [1.807, 2.05) is 26.0 Å². The summed E-state index contributed by atoms with van der Waals surface area (Å²) in [6.45, 7) is 9.71. The third-order valence-corrected chi connectivity index (χ3v) is 6.70. The van der Waals surface area contributed by atoms with E-state index in [2.05, 4.69) is 36.6 Å². The Balaban J connectivity index is 1.72. The SMILES string of the molecule is CCC(C)c1ccc(C(NC(=O)CN2C(=O)NC(C)(c3ccc(OC)cc3)C2=O)C(C)C)cc1. The molecular formula is C27H35N3O4. The summed E-state index contributed by atoms with van der Waals surface area (Å²) in [5.74, 6) is 0.410. The number of hydrogen-bond donors (Lipinski definition) is 2. The van der Waals surface area contributed by atoms with Crippen LogP contribution in [0.1, 0.15) is 69.7 Å². The van der Waals surface area contributed by atoms with Gasteiger partial charge in [0.05, 0.1) is 13.2 Å². The van der Waals surface area contributed by atoms with Gasteiger partial charge in [-0.15, -0.1) is 0 Å². The zero-order valence-corrected chi connectivity index (χ0v) is 20.8. The Bertz CT molecular complexity index is 1030. The molecule has 3 atom stereocenters. The van der Waals surface area contributed by atoms with Crippen molar-refractivity contribution in [1.82, 2.24) is 15.5 Å². The minimum Gasteiger partial charge on any atom is -0.497 e. The summed E-state index contributed by atoms with van der Waals surface area (Å²) in [4.78, 5) is 39.7. The molecule has 3 unspecified atom stereocenters. The number of nitrogens with zero attached hydrogens (tertiary/aromatic N) is 1. The summed E-state index contributed by atoms with van der Waals surface area (Å²) in [5, 5.41) is 5.75. The van der Waals surface area contributed by atoms with Crippen LogP contribution in [-0.4, -0.2) is 36.4 Å². The molecule has 0 aromatic heterocycles. The number of amides is 4. The minimum atomic E-state index is -1.24. The fourth-order valence-electron chi connectivity index (χ4n) is 4.23. The molecule has 1 aliphatic heterocycles. The Hall–Kier alpha value is -3.35. The van der Waals surface area contributed by atoms with E-state index in [4.69, 9.17) is 4.74 Å². The van der Waals surface area contributed by atoms with Gasteiger partial charge in [0.2, 0.25) is 5.91 Å². The van der Waals surface area contributed by atoms with Crippen LogP contribution in [0.4, 0.5) is 4.79 Å². The van der Waals surface area contributed by atoms with E-state index in [1.54, 1.807) is 38.3 Å². The fraction of sp³-hybridized carbons (Fsp3) is 0.444. The molecule has 3 rings (SSSR count). The van der Waals surface area contributed by atoms with E-state index < -0.39 is 17.5 Å². The molecule has 0 radical (unpaired) electrons.